The van der Waals surface area contributed by atoms with Gasteiger partial charge in [-0.25, -0.2) is 13.2 Å². The van der Waals surface area contributed by atoms with E-state index in [1.54, 1.807) is 30.3 Å². The maximum absolute atomic E-state index is 13.9. The minimum absolute atomic E-state index is 0.0834. The fraction of sp³-hybridized carbons (Fsp3) is 0.240. The Hall–Kier alpha value is -2.27. The van der Waals surface area contributed by atoms with Crippen LogP contribution in [0.25, 0.3) is 22.2 Å². The molecule has 0 aliphatic carbocycles. The van der Waals surface area contributed by atoms with Gasteiger partial charge in [-0.15, -0.1) is 0 Å². The van der Waals surface area contributed by atoms with Gasteiger partial charge in [0.05, 0.1) is 10.6 Å². The summed E-state index contributed by atoms with van der Waals surface area (Å²) in [7, 11) is -4.42. The Balaban J connectivity index is 1.89. The summed E-state index contributed by atoms with van der Waals surface area (Å²) in [6.07, 6.45) is 1.24. The van der Waals surface area contributed by atoms with Gasteiger partial charge in [0.15, 0.2) is 0 Å². The second kappa shape index (κ2) is 11.7. The van der Waals surface area contributed by atoms with Crippen molar-refractivity contribution in [2.75, 3.05) is 4.31 Å². The molecule has 0 saturated carbocycles. The van der Waals surface area contributed by atoms with Gasteiger partial charge >= 0.3 is 5.97 Å². The van der Waals surface area contributed by atoms with Crippen LogP contribution < -0.4 is 4.31 Å². The molecule has 1 N–H and O–H groups in total. The molecule has 4 rings (SSSR count). The summed E-state index contributed by atoms with van der Waals surface area (Å²) >= 11 is 29.7. The second-order valence-electron chi connectivity index (χ2n) is 8.53. The second-order valence-corrected chi connectivity index (χ2v) is 13.5. The number of aromatic nitrogens is 2. The molecule has 3 aromatic carbocycles. The number of aliphatic carboxylic acids is 1. The lowest BCUT2D eigenvalue weighted by Gasteiger charge is -2.30. The average Bonchev–Trinajstić information content (AvgIpc) is 3.36. The lowest BCUT2D eigenvalue weighted by atomic mass is 10.0. The summed E-state index contributed by atoms with van der Waals surface area (Å²) in [5.74, 6) is -1.35. The van der Waals surface area contributed by atoms with E-state index in [0.717, 1.165) is 4.31 Å². The van der Waals surface area contributed by atoms with Crippen LogP contribution in [-0.2, 0) is 18.6 Å². The zero-order valence-electron chi connectivity index (χ0n) is 20.1. The van der Waals surface area contributed by atoms with E-state index in [1.165, 1.54) is 24.3 Å². The van der Waals surface area contributed by atoms with Crippen molar-refractivity contribution in [2.24, 2.45) is 0 Å². The molecule has 0 aliphatic heterocycles. The topological polar surface area (TPSA) is 114 Å². The summed E-state index contributed by atoms with van der Waals surface area (Å²) in [6.45, 7) is 1.89. The first-order valence-corrected chi connectivity index (χ1v) is 14.8. The molecule has 1 unspecified atom stereocenters. The minimum atomic E-state index is -4.42. The fourth-order valence-electron chi connectivity index (χ4n) is 4.07. The van der Waals surface area contributed by atoms with Crippen LogP contribution in [-0.4, -0.2) is 35.7 Å². The molecule has 39 heavy (non-hydrogen) atoms. The maximum atomic E-state index is 13.9. The number of alkyl halides is 3. The number of hydrogen-bond donors (Lipinski definition) is 1. The van der Waals surface area contributed by atoms with Gasteiger partial charge in [0.1, 0.15) is 6.04 Å². The van der Waals surface area contributed by atoms with Crippen LogP contribution in [0.2, 0.25) is 10.0 Å². The number of carbonyl (C=O) groups is 1. The summed E-state index contributed by atoms with van der Waals surface area (Å²) in [6, 6.07) is 12.3. The molecule has 8 nitrogen and oxygen atoms in total. The molecule has 0 aliphatic rings. The van der Waals surface area contributed by atoms with Crippen molar-refractivity contribution in [3.05, 3.63) is 70.5 Å². The highest BCUT2D eigenvalue weighted by Gasteiger charge is 2.37. The average molecular weight is 652 g/mol. The van der Waals surface area contributed by atoms with Gasteiger partial charge < -0.3 is 9.63 Å². The highest BCUT2D eigenvalue weighted by atomic mass is 35.6. The van der Waals surface area contributed by atoms with Crippen LogP contribution in [0.15, 0.2) is 64.0 Å². The number of benzene rings is 3. The van der Waals surface area contributed by atoms with Crippen molar-refractivity contribution in [2.45, 2.75) is 40.9 Å². The van der Waals surface area contributed by atoms with Gasteiger partial charge in [0.25, 0.3) is 19.7 Å². The Labute approximate surface area is 249 Å². The first kappa shape index (κ1) is 29.7. The van der Waals surface area contributed by atoms with Crippen molar-refractivity contribution in [1.29, 1.82) is 0 Å². The van der Waals surface area contributed by atoms with Crippen LogP contribution in [0.3, 0.4) is 0 Å². The zero-order valence-corrected chi connectivity index (χ0v) is 24.7. The van der Waals surface area contributed by atoms with Crippen molar-refractivity contribution < 1.29 is 22.8 Å². The van der Waals surface area contributed by atoms with Crippen molar-refractivity contribution in [3.8, 4) is 11.4 Å². The Morgan fingerprint density at radius 3 is 2.36 bits per heavy atom. The van der Waals surface area contributed by atoms with Crippen molar-refractivity contribution >= 4 is 90.5 Å². The van der Waals surface area contributed by atoms with E-state index in [4.69, 9.17) is 62.5 Å². The number of carboxylic acid groups (broad SMARTS) is 1. The molecule has 4 aromatic rings. The molecule has 14 heteroatoms. The van der Waals surface area contributed by atoms with Gasteiger partial charge in [0, 0.05) is 15.6 Å². The number of halogens is 5. The zero-order chi connectivity index (χ0) is 28.5. The number of anilines is 1. The van der Waals surface area contributed by atoms with E-state index in [0.29, 0.717) is 29.2 Å². The molecular weight excluding hydrogens is 632 g/mol. The van der Waals surface area contributed by atoms with Crippen molar-refractivity contribution in [1.82, 2.24) is 10.1 Å². The first-order chi connectivity index (χ1) is 18.3. The molecule has 0 radical (unpaired) electrons. The van der Waals surface area contributed by atoms with Gasteiger partial charge in [-0.1, -0.05) is 107 Å². The van der Waals surface area contributed by atoms with Gasteiger partial charge in [-0.2, -0.15) is 4.98 Å². The Kier molecular flexibility index (Phi) is 8.90. The molecule has 0 saturated heterocycles. The summed E-state index contributed by atoms with van der Waals surface area (Å²) in [5.41, 5.74) is 0.662. The van der Waals surface area contributed by atoms with E-state index >= 15 is 0 Å². The fourth-order valence-corrected chi connectivity index (χ4v) is 6.65. The van der Waals surface area contributed by atoms with Crippen LogP contribution in [0.4, 0.5) is 5.69 Å². The predicted octanol–water partition coefficient (Wildman–Crippen LogP) is 7.86. The number of unbranched alkanes of at least 4 members (excludes halogenated alkanes) is 1. The lowest BCUT2D eigenvalue weighted by Crippen LogP contribution is -2.45. The van der Waals surface area contributed by atoms with Crippen LogP contribution in [0, 0.1) is 0 Å². The number of rotatable bonds is 9. The molecular formula is C25H20Cl5N3O5S. The largest absolute Gasteiger partial charge is 0.480 e. The number of carboxylic acids is 1. The third-order valence-electron chi connectivity index (χ3n) is 5.82. The maximum Gasteiger partial charge on any atom is 0.327 e. The van der Waals surface area contributed by atoms with Crippen molar-refractivity contribution in [3.63, 3.8) is 0 Å². The smallest absolute Gasteiger partial charge is 0.327 e. The number of nitrogens with zero attached hydrogens (tertiary/aromatic N) is 3. The molecule has 1 aromatic heterocycles. The number of hydrogen-bond acceptors (Lipinski definition) is 6. The number of sulfonamides is 1. The summed E-state index contributed by atoms with van der Waals surface area (Å²) in [4.78, 5) is 16.3. The SMILES string of the molecule is CCCCC(C(=O)O)N(c1ccc2c(-c3noc(C(Cl)(Cl)Cl)n3)cccc2c1)S(=O)(=O)c1cc(Cl)cc(Cl)c1. The quantitative estimate of drug-likeness (QED) is 0.183. The molecule has 1 atom stereocenters. The number of fused-ring (bicyclic) bond motifs is 1. The first-order valence-electron chi connectivity index (χ1n) is 11.5. The Morgan fingerprint density at radius 1 is 1.08 bits per heavy atom. The van der Waals surface area contributed by atoms with Gasteiger partial charge in [-0.3, -0.25) is 4.31 Å². The highest BCUT2D eigenvalue weighted by molar-refractivity contribution is 7.93. The van der Waals surface area contributed by atoms with E-state index in [-0.39, 0.29) is 38.8 Å². The van der Waals surface area contributed by atoms with E-state index in [9.17, 15) is 18.3 Å². The van der Waals surface area contributed by atoms with Gasteiger partial charge in [0.2, 0.25) is 5.82 Å². The van der Waals surface area contributed by atoms with E-state index < -0.39 is 25.8 Å². The monoisotopic (exact) mass is 649 g/mol. The molecule has 0 spiro atoms. The van der Waals surface area contributed by atoms with Crippen LogP contribution >= 0.6 is 58.0 Å². The Morgan fingerprint density at radius 2 is 1.77 bits per heavy atom. The molecule has 0 fully saturated rings. The third-order valence-corrected chi connectivity index (χ3v) is 8.56. The minimum Gasteiger partial charge on any atom is -0.480 e. The summed E-state index contributed by atoms with van der Waals surface area (Å²) in [5, 5.41) is 15.4. The molecule has 1 heterocycles. The predicted molar refractivity (Wildman–Crippen MR) is 154 cm³/mol. The molecule has 206 valence electrons. The lowest BCUT2D eigenvalue weighted by molar-refractivity contribution is -0.138. The molecule has 0 amide bonds. The third kappa shape index (κ3) is 6.39. The highest BCUT2D eigenvalue weighted by Crippen LogP contribution is 2.39. The van der Waals surface area contributed by atoms with Gasteiger partial charge in [-0.05, 0) is 47.5 Å². The normalized spacial score (nSPS) is 13.0. The standard InChI is InChI=1S/C25H20Cl5N3O5S/c1-2-3-7-21(23(34)35)33(39(36,37)18-12-15(26)11-16(27)13-18)17-8-9-19-14(10-17)5-4-6-20(19)22-31-24(38-32-22)25(28,29)30/h4-6,8-13,21H,2-3,7H2,1H3,(H,34,35). The summed E-state index contributed by atoms with van der Waals surface area (Å²) < 4.78 is 31.9. The van der Waals surface area contributed by atoms with E-state index in [1.807, 2.05) is 6.92 Å². The van der Waals surface area contributed by atoms with E-state index in [2.05, 4.69) is 10.1 Å². The molecule has 0 bridgehead atoms. The van der Waals surface area contributed by atoms with Crippen LogP contribution in [0.5, 0.6) is 0 Å². The Bertz CT molecular complexity index is 1620. The van der Waals surface area contributed by atoms with Crippen LogP contribution in [0.1, 0.15) is 32.1 Å².